The van der Waals surface area contributed by atoms with Gasteiger partial charge in [-0.3, -0.25) is 9.59 Å². The Bertz CT molecular complexity index is 542. The normalized spacial score (nSPS) is 14.8. The fourth-order valence-corrected chi connectivity index (χ4v) is 3.07. The van der Waals surface area contributed by atoms with Gasteiger partial charge in [-0.2, -0.15) is 0 Å². The maximum absolute atomic E-state index is 11.1. The molecule has 0 bridgehead atoms. The van der Waals surface area contributed by atoms with Crippen molar-refractivity contribution in [1.82, 2.24) is 5.32 Å². The largest absolute Gasteiger partial charge is 0.489 e. The maximum atomic E-state index is 11.1. The van der Waals surface area contributed by atoms with Crippen LogP contribution in [0.2, 0.25) is 0 Å². The number of nitrogens with two attached hydrogens (primary N) is 1. The van der Waals surface area contributed by atoms with Crippen molar-refractivity contribution in [3.05, 3.63) is 23.8 Å². The number of hydrogen-bond acceptors (Lipinski definition) is 4. The van der Waals surface area contributed by atoms with Crippen LogP contribution >= 0.6 is 11.8 Å². The number of nitrogens with one attached hydrogen (secondary N) is 1. The van der Waals surface area contributed by atoms with Gasteiger partial charge in [-0.25, -0.2) is 0 Å². The summed E-state index contributed by atoms with van der Waals surface area (Å²) >= 11 is 1.66. The smallest absolute Gasteiger partial charge is 0.309 e. The third-order valence-corrected chi connectivity index (χ3v) is 4.52. The second kappa shape index (κ2) is 8.08. The molecule has 5 nitrogen and oxygen atoms in total. The molecule has 2 rings (SSSR count). The Morgan fingerprint density at radius 2 is 2.09 bits per heavy atom. The fraction of sp³-hybridized carbons (Fsp3) is 0.500. The summed E-state index contributed by atoms with van der Waals surface area (Å²) in [5.74, 6) is -0.788. The lowest BCUT2D eigenvalue weighted by Crippen LogP contribution is -2.37. The minimum Gasteiger partial charge on any atom is -0.489 e. The van der Waals surface area contributed by atoms with Crippen LogP contribution in [0, 0.1) is 0 Å². The molecule has 0 saturated heterocycles. The van der Waals surface area contributed by atoms with Crippen molar-refractivity contribution in [3.8, 4) is 5.75 Å². The molecule has 1 aromatic rings. The quantitative estimate of drug-likeness (QED) is 0.619. The first-order chi connectivity index (χ1) is 10.6. The van der Waals surface area contributed by atoms with Gasteiger partial charge in [0.25, 0.3) is 0 Å². The minimum atomic E-state index is -0.956. The van der Waals surface area contributed by atoms with E-state index in [9.17, 15) is 9.59 Å². The number of ether oxygens (including phenoxy) is 1. The number of rotatable bonds is 6. The number of carbonyl (C=O) groups excluding carboxylic acids is 2. The summed E-state index contributed by atoms with van der Waals surface area (Å²) in [4.78, 5) is 22.9. The minimum absolute atomic E-state index is 0.315. The molecule has 3 N–H and O–H groups in total. The van der Waals surface area contributed by atoms with Crippen LogP contribution in [-0.4, -0.2) is 30.7 Å². The summed E-state index contributed by atoms with van der Waals surface area (Å²) in [6.07, 6.45) is 7.68. The zero-order valence-corrected chi connectivity index (χ0v) is 13.6. The van der Waals surface area contributed by atoms with Crippen molar-refractivity contribution in [2.75, 3.05) is 12.8 Å². The molecule has 0 aliphatic heterocycles. The second-order valence-corrected chi connectivity index (χ2v) is 6.23. The van der Waals surface area contributed by atoms with Crippen LogP contribution in [0.25, 0.3) is 0 Å². The van der Waals surface area contributed by atoms with E-state index in [4.69, 9.17) is 10.5 Å². The van der Waals surface area contributed by atoms with Crippen LogP contribution in [0.3, 0.4) is 0 Å². The van der Waals surface area contributed by atoms with E-state index in [2.05, 4.69) is 5.32 Å². The van der Waals surface area contributed by atoms with Gasteiger partial charge in [-0.05, 0) is 56.1 Å². The first kappa shape index (κ1) is 16.7. The van der Waals surface area contributed by atoms with E-state index in [1.807, 2.05) is 24.5 Å². The van der Waals surface area contributed by atoms with Crippen LogP contribution in [0.1, 0.15) is 31.2 Å². The van der Waals surface area contributed by atoms with Gasteiger partial charge in [0.15, 0.2) is 0 Å². The molecule has 22 heavy (non-hydrogen) atoms. The highest BCUT2D eigenvalue weighted by Gasteiger charge is 2.18. The average molecular weight is 322 g/mol. The monoisotopic (exact) mass is 322 g/mol. The van der Waals surface area contributed by atoms with Crippen molar-refractivity contribution in [3.63, 3.8) is 0 Å². The van der Waals surface area contributed by atoms with E-state index >= 15 is 0 Å². The van der Waals surface area contributed by atoms with Crippen LogP contribution in [0.5, 0.6) is 5.75 Å². The van der Waals surface area contributed by atoms with E-state index in [0.29, 0.717) is 19.1 Å². The van der Waals surface area contributed by atoms with Gasteiger partial charge in [0, 0.05) is 11.4 Å². The van der Waals surface area contributed by atoms with Crippen molar-refractivity contribution >= 4 is 23.6 Å². The molecule has 1 aliphatic rings. The average Bonchev–Trinajstić information content (AvgIpc) is 3.00. The second-order valence-electron chi connectivity index (χ2n) is 5.38. The van der Waals surface area contributed by atoms with Gasteiger partial charge in [0.1, 0.15) is 5.75 Å². The predicted octanol–water partition coefficient (Wildman–Crippen LogP) is 1.87. The zero-order valence-electron chi connectivity index (χ0n) is 12.8. The van der Waals surface area contributed by atoms with Gasteiger partial charge in [0.2, 0.25) is 0 Å². The number of amides is 2. The molecule has 0 unspecified atom stereocenters. The first-order valence-corrected chi connectivity index (χ1v) is 8.74. The van der Waals surface area contributed by atoms with Crippen molar-refractivity contribution in [2.24, 2.45) is 5.73 Å². The Kier molecular flexibility index (Phi) is 6.12. The zero-order chi connectivity index (χ0) is 15.9. The van der Waals surface area contributed by atoms with Gasteiger partial charge >= 0.3 is 11.8 Å². The van der Waals surface area contributed by atoms with Crippen molar-refractivity contribution in [2.45, 2.75) is 43.1 Å². The molecule has 120 valence electrons. The van der Waals surface area contributed by atoms with Crippen LogP contribution in [-0.2, 0) is 16.0 Å². The predicted molar refractivity (Wildman–Crippen MR) is 87.0 cm³/mol. The Balaban J connectivity index is 1.96. The summed E-state index contributed by atoms with van der Waals surface area (Å²) in [6, 6.07) is 6.09. The van der Waals surface area contributed by atoms with E-state index in [-0.39, 0.29) is 0 Å². The lowest BCUT2D eigenvalue weighted by Gasteiger charge is -2.17. The van der Waals surface area contributed by atoms with Crippen LogP contribution in [0.4, 0.5) is 0 Å². The topological polar surface area (TPSA) is 81.4 Å². The fourth-order valence-electron chi connectivity index (χ4n) is 2.56. The molecule has 2 amide bonds. The van der Waals surface area contributed by atoms with Crippen LogP contribution < -0.4 is 15.8 Å². The number of benzene rings is 1. The van der Waals surface area contributed by atoms with Gasteiger partial charge in [-0.1, -0.05) is 6.07 Å². The molecule has 0 aromatic heterocycles. The van der Waals surface area contributed by atoms with E-state index in [1.165, 1.54) is 12.8 Å². The summed E-state index contributed by atoms with van der Waals surface area (Å²) in [5.41, 5.74) is 5.96. The number of carbonyl (C=O) groups is 2. The highest BCUT2D eigenvalue weighted by Crippen LogP contribution is 2.32. The van der Waals surface area contributed by atoms with E-state index < -0.39 is 11.8 Å². The number of hydrogen-bond donors (Lipinski definition) is 2. The molecule has 0 heterocycles. The molecule has 1 aliphatic carbocycles. The highest BCUT2D eigenvalue weighted by molar-refractivity contribution is 7.98. The Morgan fingerprint density at radius 3 is 2.73 bits per heavy atom. The third-order valence-electron chi connectivity index (χ3n) is 3.75. The van der Waals surface area contributed by atoms with Crippen LogP contribution in [0.15, 0.2) is 23.1 Å². The Hall–Kier alpha value is -1.69. The SMILES string of the molecule is CSc1ccc(CCNC(=O)C(N)=O)cc1OC1CCCC1. The number of thioether (sulfide) groups is 1. The summed E-state index contributed by atoms with van der Waals surface area (Å²) < 4.78 is 6.12. The third kappa shape index (κ3) is 4.66. The lowest BCUT2D eigenvalue weighted by atomic mass is 10.1. The van der Waals surface area contributed by atoms with Crippen molar-refractivity contribution in [1.29, 1.82) is 0 Å². The van der Waals surface area contributed by atoms with E-state index in [0.717, 1.165) is 29.1 Å². The summed E-state index contributed by atoms with van der Waals surface area (Å²) in [6.45, 7) is 0.378. The molecule has 0 atom stereocenters. The molecular formula is C16H22N2O3S. The van der Waals surface area contributed by atoms with Gasteiger partial charge < -0.3 is 15.8 Å². The maximum Gasteiger partial charge on any atom is 0.309 e. The Labute approximate surface area is 135 Å². The highest BCUT2D eigenvalue weighted by atomic mass is 32.2. The molecule has 1 aromatic carbocycles. The molecule has 0 radical (unpaired) electrons. The Morgan fingerprint density at radius 1 is 1.36 bits per heavy atom. The first-order valence-electron chi connectivity index (χ1n) is 7.51. The molecule has 6 heteroatoms. The number of primary amides is 1. The molecule has 1 fully saturated rings. The van der Waals surface area contributed by atoms with Crippen molar-refractivity contribution < 1.29 is 14.3 Å². The molecule has 1 saturated carbocycles. The summed E-state index contributed by atoms with van der Waals surface area (Å²) in [7, 11) is 0. The molecule has 0 spiro atoms. The van der Waals surface area contributed by atoms with E-state index in [1.54, 1.807) is 11.8 Å². The lowest BCUT2D eigenvalue weighted by molar-refractivity contribution is -0.137. The standard InChI is InChI=1S/C16H22N2O3S/c1-22-14-7-6-11(8-9-18-16(20)15(17)19)10-13(14)21-12-4-2-3-5-12/h6-7,10,12H,2-5,8-9H2,1H3,(H2,17,19)(H,18,20). The molecular weight excluding hydrogens is 300 g/mol. The summed E-state index contributed by atoms with van der Waals surface area (Å²) in [5, 5.41) is 2.49. The van der Waals surface area contributed by atoms with Gasteiger partial charge in [-0.15, -0.1) is 11.8 Å². The van der Waals surface area contributed by atoms with Gasteiger partial charge in [0.05, 0.1) is 6.10 Å².